The van der Waals surface area contributed by atoms with Crippen molar-refractivity contribution in [2.45, 2.75) is 18.4 Å². The summed E-state index contributed by atoms with van der Waals surface area (Å²) in [6, 6.07) is 0. The summed E-state index contributed by atoms with van der Waals surface area (Å²) in [5.41, 5.74) is 4.96. The number of rotatable bonds is 1. The maximum absolute atomic E-state index is 10.7. The highest BCUT2D eigenvalue weighted by atomic mass is 32.1. The molecule has 4 nitrogen and oxygen atoms in total. The first-order chi connectivity index (χ1) is 7.18. The monoisotopic (exact) mass is 225 g/mol. The Hall–Kier alpha value is -0.650. The van der Waals surface area contributed by atoms with Crippen molar-refractivity contribution in [1.82, 2.24) is 9.88 Å². The first kappa shape index (κ1) is 9.57. The minimum absolute atomic E-state index is 0.367. The number of aromatic nitrogens is 1. The third-order valence-electron chi connectivity index (χ3n) is 3.71. The highest BCUT2D eigenvalue weighted by molar-refractivity contribution is 7.15. The van der Waals surface area contributed by atoms with Gasteiger partial charge in [0.1, 0.15) is 5.60 Å². The van der Waals surface area contributed by atoms with Crippen LogP contribution in [0, 0.1) is 5.92 Å². The van der Waals surface area contributed by atoms with Crippen LogP contribution < -0.4 is 5.73 Å². The molecule has 5 heteroatoms. The lowest BCUT2D eigenvalue weighted by Crippen LogP contribution is -2.43. The van der Waals surface area contributed by atoms with Crippen LogP contribution in [0.25, 0.3) is 0 Å². The number of aliphatic hydroxyl groups is 1. The summed E-state index contributed by atoms with van der Waals surface area (Å²) in [6.45, 7) is 3.14. The fourth-order valence-electron chi connectivity index (χ4n) is 2.77. The molecule has 0 aromatic carbocycles. The summed E-state index contributed by atoms with van der Waals surface area (Å²) in [5.74, 6) is 0.367. The van der Waals surface area contributed by atoms with Crippen LogP contribution in [0.3, 0.4) is 0 Å². The van der Waals surface area contributed by atoms with Gasteiger partial charge in [0.05, 0.1) is 4.88 Å². The number of fused-ring (bicyclic) bond motifs is 2. The molecule has 3 atom stereocenters. The van der Waals surface area contributed by atoms with Crippen LogP contribution in [0.2, 0.25) is 0 Å². The molecule has 3 heterocycles. The van der Waals surface area contributed by atoms with E-state index in [0.29, 0.717) is 11.0 Å². The summed E-state index contributed by atoms with van der Waals surface area (Å²) < 4.78 is 0. The first-order valence-electron chi connectivity index (χ1n) is 5.35. The van der Waals surface area contributed by atoms with E-state index in [2.05, 4.69) is 9.88 Å². The molecule has 0 radical (unpaired) electrons. The van der Waals surface area contributed by atoms with Gasteiger partial charge in [0.2, 0.25) is 0 Å². The molecular weight excluding hydrogens is 210 g/mol. The Bertz CT molecular complexity index is 380. The maximum Gasteiger partial charge on any atom is 0.180 e. The van der Waals surface area contributed by atoms with Gasteiger partial charge in [-0.15, -0.1) is 0 Å². The lowest BCUT2D eigenvalue weighted by molar-refractivity contribution is -0.0473. The zero-order chi connectivity index (χ0) is 10.5. The molecule has 1 aromatic rings. The molecule has 1 aromatic heterocycles. The number of nitrogens with two attached hydrogens (primary N) is 1. The van der Waals surface area contributed by atoms with Crippen molar-refractivity contribution in [2.24, 2.45) is 5.92 Å². The number of anilines is 1. The lowest BCUT2D eigenvalue weighted by Gasteiger charge is -2.37. The average molecular weight is 225 g/mol. The molecule has 2 aliphatic heterocycles. The minimum Gasteiger partial charge on any atom is -0.384 e. The van der Waals surface area contributed by atoms with Crippen LogP contribution in [0.1, 0.15) is 17.7 Å². The third-order valence-corrected chi connectivity index (χ3v) is 4.70. The number of hydrogen-bond donors (Lipinski definition) is 2. The van der Waals surface area contributed by atoms with Crippen molar-refractivity contribution >= 4 is 16.5 Å². The van der Waals surface area contributed by atoms with Gasteiger partial charge in [-0.3, -0.25) is 0 Å². The van der Waals surface area contributed by atoms with Gasteiger partial charge in [-0.05, 0) is 19.4 Å². The van der Waals surface area contributed by atoms with Crippen molar-refractivity contribution in [3.05, 3.63) is 11.1 Å². The Morgan fingerprint density at radius 2 is 2.47 bits per heavy atom. The minimum atomic E-state index is -0.664. The number of nitrogen functional groups attached to an aromatic ring is 1. The number of hydrogen-bond acceptors (Lipinski definition) is 5. The highest BCUT2D eigenvalue weighted by Gasteiger charge is 2.46. The van der Waals surface area contributed by atoms with Crippen molar-refractivity contribution < 1.29 is 5.11 Å². The van der Waals surface area contributed by atoms with Crippen LogP contribution in [0.4, 0.5) is 5.13 Å². The molecule has 2 saturated heterocycles. The predicted molar refractivity (Wildman–Crippen MR) is 59.6 cm³/mol. The number of piperidine rings is 1. The van der Waals surface area contributed by atoms with Gasteiger partial charge >= 0.3 is 0 Å². The Balaban J connectivity index is 1.95. The van der Waals surface area contributed by atoms with E-state index in [0.717, 1.165) is 37.4 Å². The fraction of sp³-hybridized carbons (Fsp3) is 0.700. The van der Waals surface area contributed by atoms with Crippen LogP contribution in [0.5, 0.6) is 0 Å². The zero-order valence-electron chi connectivity index (χ0n) is 8.52. The Morgan fingerprint density at radius 1 is 1.60 bits per heavy atom. The van der Waals surface area contributed by atoms with Gasteiger partial charge in [0.25, 0.3) is 0 Å². The smallest absolute Gasteiger partial charge is 0.180 e. The van der Waals surface area contributed by atoms with Gasteiger partial charge in [0.15, 0.2) is 5.13 Å². The zero-order valence-corrected chi connectivity index (χ0v) is 9.33. The Morgan fingerprint density at radius 3 is 3.20 bits per heavy atom. The van der Waals surface area contributed by atoms with Gasteiger partial charge in [-0.2, -0.15) is 0 Å². The quantitative estimate of drug-likeness (QED) is 0.736. The van der Waals surface area contributed by atoms with E-state index in [1.165, 1.54) is 11.3 Å². The molecule has 3 unspecified atom stereocenters. The van der Waals surface area contributed by atoms with Crippen LogP contribution in [-0.2, 0) is 5.60 Å². The van der Waals surface area contributed by atoms with E-state index in [4.69, 9.17) is 5.73 Å². The molecule has 2 bridgehead atoms. The molecule has 2 aliphatic rings. The summed E-state index contributed by atoms with van der Waals surface area (Å²) >= 11 is 1.43. The molecule has 2 fully saturated rings. The van der Waals surface area contributed by atoms with Gasteiger partial charge in [0, 0.05) is 25.2 Å². The second kappa shape index (κ2) is 3.17. The summed E-state index contributed by atoms with van der Waals surface area (Å²) in [5, 5.41) is 11.3. The topological polar surface area (TPSA) is 62.4 Å². The SMILES string of the molecule is Nc1ncc(C2(O)CCN3CCC2C3)s1. The van der Waals surface area contributed by atoms with Crippen LogP contribution >= 0.6 is 11.3 Å². The van der Waals surface area contributed by atoms with E-state index < -0.39 is 5.60 Å². The second-order valence-electron chi connectivity index (χ2n) is 4.52. The van der Waals surface area contributed by atoms with Crippen molar-refractivity contribution in [3.8, 4) is 0 Å². The van der Waals surface area contributed by atoms with Gasteiger partial charge in [-0.25, -0.2) is 4.98 Å². The molecule has 82 valence electrons. The summed E-state index contributed by atoms with van der Waals surface area (Å²) in [7, 11) is 0. The van der Waals surface area contributed by atoms with Gasteiger partial charge in [-0.1, -0.05) is 11.3 Å². The van der Waals surface area contributed by atoms with Crippen LogP contribution in [0.15, 0.2) is 6.20 Å². The second-order valence-corrected chi connectivity index (χ2v) is 5.59. The number of thiazole rings is 1. The standard InChI is InChI=1S/C10H15N3OS/c11-9-12-5-8(15-9)10(14)2-4-13-3-1-7(10)6-13/h5,7,14H,1-4,6H2,(H2,11,12). The Labute approximate surface area is 92.7 Å². The van der Waals surface area contributed by atoms with E-state index >= 15 is 0 Å². The molecule has 3 rings (SSSR count). The molecule has 0 spiro atoms. The molecule has 0 saturated carbocycles. The highest BCUT2D eigenvalue weighted by Crippen LogP contribution is 2.44. The van der Waals surface area contributed by atoms with E-state index in [9.17, 15) is 5.11 Å². The predicted octanol–water partition coefficient (Wildman–Crippen LogP) is 0.638. The van der Waals surface area contributed by atoms with Gasteiger partial charge < -0.3 is 15.7 Å². The average Bonchev–Trinajstić information content (AvgIpc) is 2.81. The third kappa shape index (κ3) is 1.38. The number of nitrogens with zero attached hydrogens (tertiary/aromatic N) is 2. The molecule has 3 N–H and O–H groups in total. The van der Waals surface area contributed by atoms with E-state index in [1.807, 2.05) is 0 Å². The van der Waals surface area contributed by atoms with Crippen molar-refractivity contribution in [1.29, 1.82) is 0 Å². The fourth-order valence-corrected chi connectivity index (χ4v) is 3.65. The first-order valence-corrected chi connectivity index (χ1v) is 6.16. The molecule has 0 aliphatic carbocycles. The largest absolute Gasteiger partial charge is 0.384 e. The molecule has 15 heavy (non-hydrogen) atoms. The van der Waals surface area contributed by atoms with E-state index in [-0.39, 0.29) is 0 Å². The van der Waals surface area contributed by atoms with Crippen molar-refractivity contribution in [2.75, 3.05) is 25.4 Å². The summed E-state index contributed by atoms with van der Waals surface area (Å²) in [4.78, 5) is 7.41. The Kier molecular flexibility index (Phi) is 2.02. The van der Waals surface area contributed by atoms with Crippen LogP contribution in [-0.4, -0.2) is 34.6 Å². The molecule has 0 amide bonds. The van der Waals surface area contributed by atoms with E-state index in [1.54, 1.807) is 6.20 Å². The van der Waals surface area contributed by atoms with Crippen molar-refractivity contribution in [3.63, 3.8) is 0 Å². The normalized spacial score (nSPS) is 39.5. The lowest BCUT2D eigenvalue weighted by atomic mass is 9.81. The summed E-state index contributed by atoms with van der Waals surface area (Å²) in [6.07, 6.45) is 3.65. The molecular formula is C10H15N3OS. The maximum atomic E-state index is 10.7.